The molecule has 0 bridgehead atoms. The van der Waals surface area contributed by atoms with Crippen LogP contribution in [-0.4, -0.2) is 47.4 Å². The maximum absolute atomic E-state index is 12.9. The monoisotopic (exact) mass is 415 g/mol. The zero-order chi connectivity index (χ0) is 20.8. The number of halogens is 1. The summed E-state index contributed by atoms with van der Waals surface area (Å²) in [5, 5.41) is 6.45. The molecule has 3 rings (SSSR count). The van der Waals surface area contributed by atoms with E-state index in [1.807, 2.05) is 30.1 Å². The van der Waals surface area contributed by atoms with Gasteiger partial charge in [-0.15, -0.1) is 0 Å². The van der Waals surface area contributed by atoms with Crippen LogP contribution in [0.5, 0.6) is 0 Å². The van der Waals surface area contributed by atoms with Gasteiger partial charge in [0.15, 0.2) is 0 Å². The van der Waals surface area contributed by atoms with Crippen molar-refractivity contribution in [3.05, 3.63) is 58.7 Å². The fourth-order valence-electron chi connectivity index (χ4n) is 3.43. The molecule has 0 spiro atoms. The number of pyridine rings is 1. The van der Waals surface area contributed by atoms with Crippen molar-refractivity contribution in [3.63, 3.8) is 0 Å². The van der Waals surface area contributed by atoms with Gasteiger partial charge in [0.05, 0.1) is 6.04 Å². The van der Waals surface area contributed by atoms with Gasteiger partial charge in [0.2, 0.25) is 11.8 Å². The third kappa shape index (κ3) is 5.92. The standard InChI is InChI=1S/C21H26ClN5O2/c1-27-10-2-3-18(27)21(29)26-17(11-14-4-7-16(22)8-5-14)20(28)25-13-15-6-9-19(23)24-12-15/h4-9,12,17-18H,2-3,10-11,13H2,1H3,(H2,23,24)(H,25,28)(H,26,29)/t17-,18?/m0/s1. The maximum atomic E-state index is 12.9. The molecule has 2 amide bonds. The number of carbonyl (C=O) groups is 2. The van der Waals surface area contributed by atoms with Crippen LogP contribution in [0.2, 0.25) is 5.02 Å². The highest BCUT2D eigenvalue weighted by molar-refractivity contribution is 6.30. The largest absolute Gasteiger partial charge is 0.384 e. The van der Waals surface area contributed by atoms with Crippen molar-refractivity contribution >= 4 is 29.2 Å². The quantitative estimate of drug-likeness (QED) is 0.639. The number of carbonyl (C=O) groups excluding carboxylic acids is 2. The Balaban J connectivity index is 1.68. The average molecular weight is 416 g/mol. The third-order valence-corrected chi connectivity index (χ3v) is 5.38. The summed E-state index contributed by atoms with van der Waals surface area (Å²) in [4.78, 5) is 31.7. The van der Waals surface area contributed by atoms with E-state index >= 15 is 0 Å². The summed E-state index contributed by atoms with van der Waals surface area (Å²) >= 11 is 5.96. The molecule has 2 atom stereocenters. The molecule has 8 heteroatoms. The van der Waals surface area contributed by atoms with Crippen molar-refractivity contribution in [1.29, 1.82) is 0 Å². The van der Waals surface area contributed by atoms with Gasteiger partial charge in [0.1, 0.15) is 11.9 Å². The van der Waals surface area contributed by atoms with E-state index in [1.165, 1.54) is 0 Å². The average Bonchev–Trinajstić information content (AvgIpc) is 3.14. The smallest absolute Gasteiger partial charge is 0.243 e. The molecule has 1 fully saturated rings. The molecule has 29 heavy (non-hydrogen) atoms. The van der Waals surface area contributed by atoms with Crippen molar-refractivity contribution in [2.24, 2.45) is 0 Å². The Labute approximate surface area is 175 Å². The lowest BCUT2D eigenvalue weighted by Crippen LogP contribution is -2.52. The highest BCUT2D eigenvalue weighted by Gasteiger charge is 2.31. The maximum Gasteiger partial charge on any atom is 0.243 e. The molecule has 1 aromatic heterocycles. The van der Waals surface area contributed by atoms with Crippen LogP contribution in [0.15, 0.2) is 42.6 Å². The third-order valence-electron chi connectivity index (χ3n) is 5.12. The van der Waals surface area contributed by atoms with Crippen LogP contribution in [-0.2, 0) is 22.6 Å². The predicted octanol–water partition coefficient (Wildman–Crippen LogP) is 1.76. The Hall–Kier alpha value is -2.64. The Morgan fingerprint density at radius 2 is 1.97 bits per heavy atom. The number of hydrogen-bond donors (Lipinski definition) is 3. The van der Waals surface area contributed by atoms with Crippen LogP contribution in [0.3, 0.4) is 0 Å². The zero-order valence-corrected chi connectivity index (χ0v) is 17.2. The van der Waals surface area contributed by atoms with Crippen molar-refractivity contribution in [3.8, 4) is 0 Å². The SMILES string of the molecule is CN1CCCC1C(=O)N[C@@H](Cc1ccc(Cl)cc1)C(=O)NCc1ccc(N)nc1. The molecule has 1 aliphatic heterocycles. The van der Waals surface area contributed by atoms with Gasteiger partial charge in [-0.3, -0.25) is 14.5 Å². The molecule has 0 radical (unpaired) electrons. The normalized spacial score (nSPS) is 17.7. The van der Waals surface area contributed by atoms with Crippen molar-refractivity contribution in [2.75, 3.05) is 19.3 Å². The molecule has 0 aliphatic carbocycles. The van der Waals surface area contributed by atoms with E-state index in [2.05, 4.69) is 15.6 Å². The number of likely N-dealkylation sites (N-methyl/N-ethyl adjacent to an activating group) is 1. The molecule has 1 aliphatic rings. The fraction of sp³-hybridized carbons (Fsp3) is 0.381. The van der Waals surface area contributed by atoms with Crippen molar-refractivity contribution in [2.45, 2.75) is 37.9 Å². The van der Waals surface area contributed by atoms with E-state index in [0.29, 0.717) is 23.8 Å². The van der Waals surface area contributed by atoms with Crippen LogP contribution < -0.4 is 16.4 Å². The summed E-state index contributed by atoms with van der Waals surface area (Å²) in [7, 11) is 1.93. The molecule has 154 valence electrons. The number of rotatable bonds is 7. The molecule has 1 aromatic carbocycles. The lowest BCUT2D eigenvalue weighted by Gasteiger charge is -2.23. The molecule has 1 unspecified atom stereocenters. The van der Waals surface area contributed by atoms with Gasteiger partial charge >= 0.3 is 0 Å². The van der Waals surface area contributed by atoms with Gasteiger partial charge in [0, 0.05) is 24.2 Å². The summed E-state index contributed by atoms with van der Waals surface area (Å²) in [6, 6.07) is 9.89. The Bertz CT molecular complexity index is 841. The first-order valence-electron chi connectivity index (χ1n) is 9.65. The number of nitrogen functional groups attached to an aromatic ring is 1. The van der Waals surface area contributed by atoms with E-state index in [4.69, 9.17) is 17.3 Å². The molecule has 7 nitrogen and oxygen atoms in total. The number of benzene rings is 1. The number of nitrogens with zero attached hydrogens (tertiary/aromatic N) is 2. The summed E-state index contributed by atoms with van der Waals surface area (Å²) in [5.41, 5.74) is 7.35. The second-order valence-corrected chi connectivity index (χ2v) is 7.78. The molecule has 2 aromatic rings. The number of nitrogens with two attached hydrogens (primary N) is 1. The second kappa shape index (κ2) is 9.71. The Morgan fingerprint density at radius 1 is 1.24 bits per heavy atom. The summed E-state index contributed by atoms with van der Waals surface area (Å²) < 4.78 is 0. The van der Waals surface area contributed by atoms with Crippen LogP contribution >= 0.6 is 11.6 Å². The summed E-state index contributed by atoms with van der Waals surface area (Å²) in [6.45, 7) is 1.19. The van der Waals surface area contributed by atoms with Crippen LogP contribution in [0.1, 0.15) is 24.0 Å². The lowest BCUT2D eigenvalue weighted by molar-refractivity contribution is -0.131. The number of anilines is 1. The first-order chi connectivity index (χ1) is 13.9. The fourth-order valence-corrected chi connectivity index (χ4v) is 3.55. The minimum absolute atomic E-state index is 0.117. The predicted molar refractivity (Wildman–Crippen MR) is 113 cm³/mol. The van der Waals surface area contributed by atoms with Crippen LogP contribution in [0, 0.1) is 0 Å². The second-order valence-electron chi connectivity index (χ2n) is 7.34. The topological polar surface area (TPSA) is 100 Å². The number of aromatic nitrogens is 1. The van der Waals surface area contributed by atoms with E-state index in [1.54, 1.807) is 24.4 Å². The molecule has 0 saturated carbocycles. The van der Waals surface area contributed by atoms with Crippen LogP contribution in [0.25, 0.3) is 0 Å². The van der Waals surface area contributed by atoms with Crippen molar-refractivity contribution < 1.29 is 9.59 Å². The molecule has 2 heterocycles. The number of hydrogen-bond acceptors (Lipinski definition) is 5. The highest BCUT2D eigenvalue weighted by atomic mass is 35.5. The van der Waals surface area contributed by atoms with E-state index in [-0.39, 0.29) is 17.9 Å². The molecule has 1 saturated heterocycles. The molecular weight excluding hydrogens is 390 g/mol. The lowest BCUT2D eigenvalue weighted by atomic mass is 10.0. The Morgan fingerprint density at radius 3 is 2.59 bits per heavy atom. The van der Waals surface area contributed by atoms with E-state index < -0.39 is 6.04 Å². The van der Waals surface area contributed by atoms with Gasteiger partial charge in [-0.1, -0.05) is 29.8 Å². The van der Waals surface area contributed by atoms with Gasteiger partial charge in [-0.05, 0) is 55.8 Å². The Kier molecular flexibility index (Phi) is 7.06. The number of nitrogens with one attached hydrogen (secondary N) is 2. The number of amides is 2. The van der Waals surface area contributed by atoms with Crippen molar-refractivity contribution in [1.82, 2.24) is 20.5 Å². The van der Waals surface area contributed by atoms with Crippen LogP contribution in [0.4, 0.5) is 5.82 Å². The first-order valence-corrected chi connectivity index (χ1v) is 10.0. The highest BCUT2D eigenvalue weighted by Crippen LogP contribution is 2.16. The summed E-state index contributed by atoms with van der Waals surface area (Å²) in [5.74, 6) is 0.0627. The first kappa shape index (κ1) is 21.1. The van der Waals surface area contributed by atoms with Gasteiger partial charge < -0.3 is 16.4 Å². The summed E-state index contributed by atoms with van der Waals surface area (Å²) in [6.07, 6.45) is 3.78. The van der Waals surface area contributed by atoms with Gasteiger partial charge in [-0.2, -0.15) is 0 Å². The van der Waals surface area contributed by atoms with Gasteiger partial charge in [0.25, 0.3) is 0 Å². The zero-order valence-electron chi connectivity index (χ0n) is 16.4. The van der Waals surface area contributed by atoms with Gasteiger partial charge in [-0.25, -0.2) is 4.98 Å². The minimum Gasteiger partial charge on any atom is -0.384 e. The van der Waals surface area contributed by atoms with E-state index in [0.717, 1.165) is 30.5 Å². The number of likely N-dealkylation sites (tertiary alicyclic amines) is 1. The minimum atomic E-state index is -0.681. The molecular formula is C21H26ClN5O2. The van der Waals surface area contributed by atoms with E-state index in [9.17, 15) is 9.59 Å². The molecule has 4 N–H and O–H groups in total.